The summed E-state index contributed by atoms with van der Waals surface area (Å²) in [6.45, 7) is 3.50. The monoisotopic (exact) mass is 266 g/mol. The number of aliphatic hydroxyl groups is 1. The van der Waals surface area contributed by atoms with Gasteiger partial charge in [-0.3, -0.25) is 14.5 Å². The van der Waals surface area contributed by atoms with Crippen LogP contribution in [0.3, 0.4) is 0 Å². The van der Waals surface area contributed by atoms with Crippen LogP contribution in [0.5, 0.6) is 0 Å². The van der Waals surface area contributed by atoms with Gasteiger partial charge >= 0.3 is 0 Å². The summed E-state index contributed by atoms with van der Waals surface area (Å²) < 4.78 is 1.16. The Morgan fingerprint density at radius 1 is 1.32 bits per heavy atom. The molecule has 7 nitrogen and oxygen atoms in total. The molecule has 0 spiro atoms. The molecular formula is C12H18N4O3. The topological polar surface area (TPSA) is 78.7 Å². The minimum absolute atomic E-state index is 0.135. The average molecular weight is 266 g/mol. The van der Waals surface area contributed by atoms with Gasteiger partial charge in [0, 0.05) is 45.8 Å². The van der Waals surface area contributed by atoms with Gasteiger partial charge in [0.1, 0.15) is 5.69 Å². The molecule has 1 amide bonds. The number of piperazine rings is 1. The Morgan fingerprint density at radius 3 is 2.58 bits per heavy atom. The zero-order chi connectivity index (χ0) is 13.8. The lowest BCUT2D eigenvalue weighted by Crippen LogP contribution is -2.49. The maximum atomic E-state index is 12.2. The Labute approximate surface area is 111 Å². The fraction of sp³-hybridized carbons (Fsp3) is 0.583. The maximum Gasteiger partial charge on any atom is 0.274 e. The molecule has 1 saturated heterocycles. The largest absolute Gasteiger partial charge is 0.395 e. The van der Waals surface area contributed by atoms with Crippen LogP contribution in [0.25, 0.3) is 0 Å². The van der Waals surface area contributed by atoms with E-state index in [9.17, 15) is 9.59 Å². The fourth-order valence-corrected chi connectivity index (χ4v) is 2.09. The SMILES string of the molecule is Cn1nc(C(=O)N2CCN(CCO)CC2)ccc1=O. The standard InChI is InChI=1S/C12H18N4O3/c1-14-11(18)3-2-10(13-14)12(19)16-6-4-15(5-7-16)8-9-17/h2-3,17H,4-9H2,1H3. The minimum atomic E-state index is -0.232. The number of aromatic nitrogens is 2. The fourth-order valence-electron chi connectivity index (χ4n) is 2.09. The Bertz CT molecular complexity index is 506. The first-order chi connectivity index (χ1) is 9.11. The lowest BCUT2D eigenvalue weighted by molar-refractivity contribution is 0.0607. The van der Waals surface area contributed by atoms with Gasteiger partial charge in [-0.15, -0.1) is 0 Å². The molecule has 2 heterocycles. The van der Waals surface area contributed by atoms with Crippen LogP contribution in [0.4, 0.5) is 0 Å². The van der Waals surface area contributed by atoms with Gasteiger partial charge in [-0.1, -0.05) is 0 Å². The number of carbonyl (C=O) groups excluding carboxylic acids is 1. The Balaban J connectivity index is 2.01. The summed E-state index contributed by atoms with van der Waals surface area (Å²) in [6, 6.07) is 2.81. The summed E-state index contributed by atoms with van der Waals surface area (Å²) in [5, 5.41) is 12.8. The third-order valence-electron chi connectivity index (χ3n) is 3.26. The third-order valence-corrected chi connectivity index (χ3v) is 3.26. The predicted octanol–water partition coefficient (Wildman–Crippen LogP) is -1.47. The molecular weight excluding hydrogens is 248 g/mol. The van der Waals surface area contributed by atoms with E-state index >= 15 is 0 Å². The van der Waals surface area contributed by atoms with Crippen LogP contribution < -0.4 is 5.56 Å². The number of hydrogen-bond acceptors (Lipinski definition) is 5. The normalized spacial score (nSPS) is 16.6. The number of carbonyl (C=O) groups is 1. The third kappa shape index (κ3) is 3.18. The van der Waals surface area contributed by atoms with Crippen molar-refractivity contribution in [2.75, 3.05) is 39.3 Å². The molecule has 0 atom stereocenters. The van der Waals surface area contributed by atoms with Crippen molar-refractivity contribution in [3.63, 3.8) is 0 Å². The zero-order valence-electron chi connectivity index (χ0n) is 10.9. The smallest absolute Gasteiger partial charge is 0.274 e. The summed E-state index contributed by atoms with van der Waals surface area (Å²) in [5.41, 5.74) is 0.0574. The molecule has 1 fully saturated rings. The molecule has 1 aliphatic rings. The Hall–Kier alpha value is -1.73. The van der Waals surface area contributed by atoms with Crippen molar-refractivity contribution in [3.05, 3.63) is 28.2 Å². The molecule has 0 radical (unpaired) electrons. The molecule has 1 aromatic heterocycles. The van der Waals surface area contributed by atoms with Crippen molar-refractivity contribution in [2.24, 2.45) is 7.05 Å². The summed E-state index contributed by atoms with van der Waals surface area (Å²) >= 11 is 0. The zero-order valence-corrected chi connectivity index (χ0v) is 10.9. The van der Waals surface area contributed by atoms with Gasteiger partial charge in [0.2, 0.25) is 0 Å². The van der Waals surface area contributed by atoms with Gasteiger partial charge in [0.05, 0.1) is 6.61 Å². The van der Waals surface area contributed by atoms with Gasteiger partial charge in [0.15, 0.2) is 0 Å². The van der Waals surface area contributed by atoms with Crippen LogP contribution in [0.15, 0.2) is 16.9 Å². The van der Waals surface area contributed by atoms with E-state index in [1.54, 1.807) is 4.90 Å². The van der Waals surface area contributed by atoms with Crippen molar-refractivity contribution in [1.82, 2.24) is 19.6 Å². The quantitative estimate of drug-likeness (QED) is 0.722. The number of β-amino-alcohol motifs (C(OH)–C–C–N with tert-alkyl or cyclic N) is 1. The number of amides is 1. The van der Waals surface area contributed by atoms with Crippen LogP contribution in [-0.2, 0) is 7.05 Å². The van der Waals surface area contributed by atoms with E-state index in [-0.39, 0.29) is 23.8 Å². The molecule has 0 saturated carbocycles. The summed E-state index contributed by atoms with van der Waals surface area (Å²) in [5.74, 6) is -0.153. The lowest BCUT2D eigenvalue weighted by Gasteiger charge is -2.34. The number of aliphatic hydroxyl groups excluding tert-OH is 1. The first-order valence-corrected chi connectivity index (χ1v) is 6.28. The molecule has 0 bridgehead atoms. The Kier molecular flexibility index (Phi) is 4.28. The number of rotatable bonds is 3. The maximum absolute atomic E-state index is 12.2. The number of nitrogens with zero attached hydrogens (tertiary/aromatic N) is 4. The molecule has 0 aliphatic carbocycles. The van der Waals surface area contributed by atoms with Crippen LogP contribution in [0, 0.1) is 0 Å². The van der Waals surface area contributed by atoms with Crippen molar-refractivity contribution in [3.8, 4) is 0 Å². The highest BCUT2D eigenvalue weighted by molar-refractivity contribution is 5.92. The highest BCUT2D eigenvalue weighted by Crippen LogP contribution is 2.05. The average Bonchev–Trinajstić information content (AvgIpc) is 2.42. The Morgan fingerprint density at radius 2 is 2.00 bits per heavy atom. The molecule has 1 N–H and O–H groups in total. The number of hydrogen-bond donors (Lipinski definition) is 1. The van der Waals surface area contributed by atoms with Crippen molar-refractivity contribution < 1.29 is 9.90 Å². The van der Waals surface area contributed by atoms with Gasteiger partial charge in [-0.05, 0) is 6.07 Å². The molecule has 2 rings (SSSR count). The molecule has 0 unspecified atom stereocenters. The molecule has 7 heteroatoms. The van der Waals surface area contributed by atoms with Gasteiger partial charge in [-0.2, -0.15) is 5.10 Å². The van der Waals surface area contributed by atoms with Crippen molar-refractivity contribution >= 4 is 5.91 Å². The van der Waals surface area contributed by atoms with Crippen molar-refractivity contribution in [2.45, 2.75) is 0 Å². The number of aryl methyl sites for hydroxylation is 1. The van der Waals surface area contributed by atoms with Gasteiger partial charge in [-0.25, -0.2) is 4.68 Å². The van der Waals surface area contributed by atoms with Crippen LogP contribution in [-0.4, -0.2) is 69.9 Å². The minimum Gasteiger partial charge on any atom is -0.395 e. The van der Waals surface area contributed by atoms with E-state index in [2.05, 4.69) is 10.00 Å². The van der Waals surface area contributed by atoms with E-state index in [1.165, 1.54) is 19.2 Å². The van der Waals surface area contributed by atoms with Crippen LogP contribution >= 0.6 is 0 Å². The second kappa shape index (κ2) is 5.94. The van der Waals surface area contributed by atoms with E-state index in [0.717, 1.165) is 17.8 Å². The molecule has 1 aliphatic heterocycles. The predicted molar refractivity (Wildman–Crippen MR) is 68.9 cm³/mol. The van der Waals surface area contributed by atoms with Gasteiger partial charge in [0.25, 0.3) is 11.5 Å². The van der Waals surface area contributed by atoms with Crippen molar-refractivity contribution in [1.29, 1.82) is 0 Å². The van der Waals surface area contributed by atoms with E-state index in [4.69, 9.17) is 5.11 Å². The van der Waals surface area contributed by atoms with E-state index in [0.29, 0.717) is 19.6 Å². The highest BCUT2D eigenvalue weighted by atomic mass is 16.3. The molecule has 0 aromatic carbocycles. The van der Waals surface area contributed by atoms with E-state index in [1.807, 2.05) is 0 Å². The first kappa shape index (κ1) is 13.7. The second-order valence-corrected chi connectivity index (χ2v) is 4.54. The summed E-state index contributed by atoms with van der Waals surface area (Å²) in [4.78, 5) is 27.3. The molecule has 19 heavy (non-hydrogen) atoms. The summed E-state index contributed by atoms with van der Waals surface area (Å²) in [7, 11) is 1.53. The van der Waals surface area contributed by atoms with Crippen LogP contribution in [0.2, 0.25) is 0 Å². The van der Waals surface area contributed by atoms with Crippen LogP contribution in [0.1, 0.15) is 10.5 Å². The summed E-state index contributed by atoms with van der Waals surface area (Å²) in [6.07, 6.45) is 0. The first-order valence-electron chi connectivity index (χ1n) is 6.28. The van der Waals surface area contributed by atoms with Gasteiger partial charge < -0.3 is 10.0 Å². The lowest BCUT2D eigenvalue weighted by atomic mass is 10.2. The second-order valence-electron chi connectivity index (χ2n) is 4.54. The van der Waals surface area contributed by atoms with E-state index < -0.39 is 0 Å². The molecule has 1 aromatic rings. The molecule has 104 valence electrons. The highest BCUT2D eigenvalue weighted by Gasteiger charge is 2.22.